The molecule has 2 atom stereocenters. The van der Waals surface area contributed by atoms with E-state index in [1.54, 1.807) is 23.1 Å². The summed E-state index contributed by atoms with van der Waals surface area (Å²) in [5.74, 6) is -1.07. The molecule has 0 N–H and O–H groups in total. The van der Waals surface area contributed by atoms with Gasteiger partial charge in [0.2, 0.25) is 17.7 Å². The van der Waals surface area contributed by atoms with Gasteiger partial charge in [-0.1, -0.05) is 36.2 Å². The van der Waals surface area contributed by atoms with Gasteiger partial charge in [0, 0.05) is 56.9 Å². The number of piperidine rings is 1. The molecule has 3 fully saturated rings. The maximum Gasteiger partial charge on any atom is 0.389 e. The van der Waals surface area contributed by atoms with Crippen molar-refractivity contribution in [2.24, 2.45) is 11.3 Å². The number of halogens is 5. The Morgan fingerprint density at radius 2 is 1.70 bits per heavy atom. The van der Waals surface area contributed by atoms with Crippen molar-refractivity contribution in [3.63, 3.8) is 0 Å². The Kier molecular flexibility index (Phi) is 8.05. The van der Waals surface area contributed by atoms with E-state index in [0.717, 1.165) is 18.4 Å². The fourth-order valence-electron chi connectivity index (χ4n) is 5.41. The second kappa shape index (κ2) is 10.6. The fraction of sp³-hybridized carbons (Fsp3) is 0.654. The molecule has 1 aliphatic carbocycles. The molecule has 3 amide bonds. The first-order chi connectivity index (χ1) is 17.3. The molecule has 3 aliphatic rings. The van der Waals surface area contributed by atoms with Crippen LogP contribution in [-0.2, 0) is 14.4 Å². The first kappa shape index (κ1) is 28.0. The SMILES string of the molecule is CN(C(=O)CCC(F)(F)F)C1CN(C(=O)C2CCN(C(=O)C3(C)CC3)CC2)C[C@@H]1c1ccc(Cl)c(Cl)c1. The Labute approximate surface area is 225 Å². The molecule has 0 aromatic heterocycles. The first-order valence-corrected chi connectivity index (χ1v) is 13.4. The summed E-state index contributed by atoms with van der Waals surface area (Å²) in [6, 6.07) is 4.60. The van der Waals surface area contributed by atoms with Gasteiger partial charge in [-0.15, -0.1) is 0 Å². The van der Waals surface area contributed by atoms with Crippen molar-refractivity contribution < 1.29 is 27.6 Å². The fourth-order valence-corrected chi connectivity index (χ4v) is 5.72. The summed E-state index contributed by atoms with van der Waals surface area (Å²) < 4.78 is 38.2. The number of likely N-dealkylation sites (tertiary alicyclic amines) is 2. The minimum Gasteiger partial charge on any atom is -0.342 e. The van der Waals surface area contributed by atoms with Crippen LogP contribution in [0.15, 0.2) is 18.2 Å². The van der Waals surface area contributed by atoms with Crippen LogP contribution in [0.2, 0.25) is 10.0 Å². The van der Waals surface area contributed by atoms with E-state index in [2.05, 4.69) is 0 Å². The number of alkyl halides is 3. The Morgan fingerprint density at radius 1 is 1.05 bits per heavy atom. The number of amides is 3. The number of hydrogen-bond donors (Lipinski definition) is 0. The molecule has 2 aliphatic heterocycles. The van der Waals surface area contributed by atoms with Crippen LogP contribution in [0.5, 0.6) is 0 Å². The van der Waals surface area contributed by atoms with Crippen LogP contribution in [0.3, 0.4) is 0 Å². The van der Waals surface area contributed by atoms with Gasteiger partial charge in [0.1, 0.15) is 0 Å². The molecule has 1 aromatic rings. The summed E-state index contributed by atoms with van der Waals surface area (Å²) in [5, 5.41) is 0.694. The van der Waals surface area contributed by atoms with E-state index in [1.165, 1.54) is 11.9 Å². The van der Waals surface area contributed by atoms with E-state index in [1.807, 2.05) is 11.8 Å². The molecule has 0 radical (unpaired) electrons. The number of likely N-dealkylation sites (N-methyl/N-ethyl adjacent to an activating group) is 1. The third kappa shape index (κ3) is 6.36. The van der Waals surface area contributed by atoms with Crippen molar-refractivity contribution in [1.82, 2.24) is 14.7 Å². The Hall–Kier alpha value is -2.00. The molecule has 0 spiro atoms. The lowest BCUT2D eigenvalue weighted by molar-refractivity contribution is -0.149. The molecule has 1 saturated carbocycles. The standard InChI is InChI=1S/C26H32Cl2F3N3O3/c1-25(9-10-25)24(37)33-11-6-16(7-12-33)23(36)34-14-18(17-3-4-19(27)20(28)13-17)21(15-34)32(2)22(35)5-8-26(29,30)31/h3-4,13,16,18,21H,5-12,14-15H2,1-2H3/t18-,21?/m1/s1. The number of carbonyl (C=O) groups excluding carboxylic acids is 3. The number of carbonyl (C=O) groups is 3. The third-order valence-electron chi connectivity index (χ3n) is 8.13. The van der Waals surface area contributed by atoms with Crippen LogP contribution < -0.4 is 0 Å². The molecule has 11 heteroatoms. The maximum atomic E-state index is 13.5. The summed E-state index contributed by atoms with van der Waals surface area (Å²) in [6.07, 6.45) is -3.32. The maximum absolute atomic E-state index is 13.5. The lowest BCUT2D eigenvalue weighted by Crippen LogP contribution is -2.46. The van der Waals surface area contributed by atoms with Crippen molar-refractivity contribution in [2.45, 2.75) is 63.6 Å². The predicted octanol–water partition coefficient (Wildman–Crippen LogP) is 5.13. The highest BCUT2D eigenvalue weighted by molar-refractivity contribution is 6.42. The first-order valence-electron chi connectivity index (χ1n) is 12.6. The van der Waals surface area contributed by atoms with Crippen molar-refractivity contribution in [1.29, 1.82) is 0 Å². The van der Waals surface area contributed by atoms with E-state index in [9.17, 15) is 27.6 Å². The van der Waals surface area contributed by atoms with Crippen molar-refractivity contribution >= 4 is 40.9 Å². The number of benzene rings is 1. The van der Waals surface area contributed by atoms with Crippen LogP contribution >= 0.6 is 23.2 Å². The quantitative estimate of drug-likeness (QED) is 0.484. The number of nitrogens with zero attached hydrogens (tertiary/aromatic N) is 3. The smallest absolute Gasteiger partial charge is 0.342 e. The van der Waals surface area contributed by atoms with Crippen LogP contribution in [0, 0.1) is 11.3 Å². The molecule has 1 unspecified atom stereocenters. The zero-order valence-electron chi connectivity index (χ0n) is 21.0. The van der Waals surface area contributed by atoms with E-state index in [-0.39, 0.29) is 35.6 Å². The van der Waals surface area contributed by atoms with E-state index in [4.69, 9.17) is 23.2 Å². The summed E-state index contributed by atoms with van der Waals surface area (Å²) in [4.78, 5) is 43.7. The molecule has 0 bridgehead atoms. The van der Waals surface area contributed by atoms with Crippen LogP contribution in [0.1, 0.15) is 56.9 Å². The average Bonchev–Trinajstić information content (AvgIpc) is 3.46. The lowest BCUT2D eigenvalue weighted by Gasteiger charge is -2.34. The average molecular weight is 562 g/mol. The van der Waals surface area contributed by atoms with Gasteiger partial charge in [-0.3, -0.25) is 14.4 Å². The molecule has 6 nitrogen and oxygen atoms in total. The zero-order chi connectivity index (χ0) is 27.1. The molecular weight excluding hydrogens is 530 g/mol. The zero-order valence-corrected chi connectivity index (χ0v) is 22.5. The monoisotopic (exact) mass is 561 g/mol. The summed E-state index contributed by atoms with van der Waals surface area (Å²) in [6.45, 7) is 3.58. The minimum atomic E-state index is -4.43. The van der Waals surface area contributed by atoms with Crippen molar-refractivity contribution in [3.8, 4) is 0 Å². The van der Waals surface area contributed by atoms with E-state index < -0.39 is 31.0 Å². The van der Waals surface area contributed by atoms with Crippen molar-refractivity contribution in [2.75, 3.05) is 33.2 Å². The largest absolute Gasteiger partial charge is 0.389 e. The second-order valence-corrected chi connectivity index (χ2v) is 11.7. The summed E-state index contributed by atoms with van der Waals surface area (Å²) in [5.41, 5.74) is 0.526. The van der Waals surface area contributed by atoms with Gasteiger partial charge in [0.15, 0.2) is 0 Å². The van der Waals surface area contributed by atoms with Crippen LogP contribution in [-0.4, -0.2) is 77.9 Å². The lowest BCUT2D eigenvalue weighted by atomic mass is 9.93. The number of rotatable bonds is 6. The minimum absolute atomic E-state index is 0.0477. The topological polar surface area (TPSA) is 60.9 Å². The van der Waals surface area contributed by atoms with Crippen LogP contribution in [0.25, 0.3) is 0 Å². The molecular formula is C26H32Cl2F3N3O3. The van der Waals surface area contributed by atoms with Gasteiger partial charge >= 0.3 is 6.18 Å². The molecule has 2 saturated heterocycles. The van der Waals surface area contributed by atoms with Crippen molar-refractivity contribution in [3.05, 3.63) is 33.8 Å². The Morgan fingerprint density at radius 3 is 2.27 bits per heavy atom. The van der Waals surface area contributed by atoms with E-state index in [0.29, 0.717) is 42.5 Å². The summed E-state index contributed by atoms with van der Waals surface area (Å²) in [7, 11) is 1.49. The van der Waals surface area contributed by atoms with E-state index >= 15 is 0 Å². The summed E-state index contributed by atoms with van der Waals surface area (Å²) >= 11 is 12.3. The highest BCUT2D eigenvalue weighted by Crippen LogP contribution is 2.47. The molecule has 2 heterocycles. The van der Waals surface area contributed by atoms with Gasteiger partial charge in [-0.2, -0.15) is 13.2 Å². The molecule has 1 aromatic carbocycles. The Balaban J connectivity index is 1.46. The third-order valence-corrected chi connectivity index (χ3v) is 8.87. The highest BCUT2D eigenvalue weighted by atomic mass is 35.5. The van der Waals surface area contributed by atoms with Crippen LogP contribution in [0.4, 0.5) is 13.2 Å². The molecule has 37 heavy (non-hydrogen) atoms. The number of hydrogen-bond acceptors (Lipinski definition) is 3. The Bertz CT molecular complexity index is 1060. The molecule has 4 rings (SSSR count). The van der Waals surface area contributed by atoms with Gasteiger partial charge in [0.25, 0.3) is 0 Å². The van der Waals surface area contributed by atoms with Gasteiger partial charge in [0.05, 0.1) is 22.5 Å². The molecule has 204 valence electrons. The van der Waals surface area contributed by atoms with Gasteiger partial charge < -0.3 is 14.7 Å². The van der Waals surface area contributed by atoms with Gasteiger partial charge in [-0.25, -0.2) is 0 Å². The normalized spacial score (nSPS) is 23.8. The van der Waals surface area contributed by atoms with Gasteiger partial charge in [-0.05, 0) is 43.4 Å². The second-order valence-electron chi connectivity index (χ2n) is 10.8. The highest BCUT2D eigenvalue weighted by Gasteiger charge is 2.48. The predicted molar refractivity (Wildman–Crippen MR) is 134 cm³/mol.